The molecule has 0 radical (unpaired) electrons. The Kier molecular flexibility index (Phi) is 9.02. The summed E-state index contributed by atoms with van der Waals surface area (Å²) >= 11 is 0. The molecular weight excluding hydrogens is 438 g/mol. The Morgan fingerprint density at radius 2 is 1.41 bits per heavy atom. The van der Waals surface area contributed by atoms with E-state index in [1.54, 1.807) is 19.1 Å². The van der Waals surface area contributed by atoms with Crippen molar-refractivity contribution in [2.24, 2.45) is 5.92 Å². The summed E-state index contributed by atoms with van der Waals surface area (Å²) in [5.41, 5.74) is 2.06. The summed E-state index contributed by atoms with van der Waals surface area (Å²) in [5.74, 6) is -0.924. The number of carbonyl (C=O) groups excluding carboxylic acids is 1. The van der Waals surface area contributed by atoms with Crippen molar-refractivity contribution in [1.29, 1.82) is 0 Å². The molecule has 3 rings (SSSR count). The highest BCUT2D eigenvalue weighted by molar-refractivity contribution is 5.78. The lowest BCUT2D eigenvalue weighted by atomic mass is 9.90. The molecule has 1 atom stereocenters. The first-order chi connectivity index (χ1) is 16.3. The van der Waals surface area contributed by atoms with E-state index in [0.29, 0.717) is 35.7 Å². The molecule has 0 aromatic heterocycles. The largest absolute Gasteiger partial charge is 0.489 e. The van der Waals surface area contributed by atoms with E-state index >= 15 is 0 Å². The molecule has 0 bridgehead atoms. The van der Waals surface area contributed by atoms with Gasteiger partial charge in [-0.3, -0.25) is 4.79 Å². The lowest BCUT2D eigenvalue weighted by molar-refractivity contribution is -0.145. The van der Waals surface area contributed by atoms with Crippen molar-refractivity contribution < 1.29 is 27.8 Å². The van der Waals surface area contributed by atoms with Crippen LogP contribution < -0.4 is 9.47 Å². The highest BCUT2D eigenvalue weighted by Gasteiger charge is 2.24. The van der Waals surface area contributed by atoms with Gasteiger partial charge < -0.3 is 14.2 Å². The zero-order chi connectivity index (χ0) is 24.5. The molecule has 1 unspecified atom stereocenters. The van der Waals surface area contributed by atoms with Gasteiger partial charge in [-0.05, 0) is 60.2 Å². The van der Waals surface area contributed by atoms with Gasteiger partial charge in [-0.1, -0.05) is 44.2 Å². The van der Waals surface area contributed by atoms with Gasteiger partial charge in [0.1, 0.15) is 36.3 Å². The maximum absolute atomic E-state index is 13.6. The first-order valence-corrected chi connectivity index (χ1v) is 11.4. The lowest BCUT2D eigenvalue weighted by Gasteiger charge is -2.20. The first kappa shape index (κ1) is 25.2. The smallest absolute Gasteiger partial charge is 0.313 e. The third-order valence-electron chi connectivity index (χ3n) is 5.16. The summed E-state index contributed by atoms with van der Waals surface area (Å²) in [6.45, 7) is 6.44. The second-order valence-corrected chi connectivity index (χ2v) is 8.51. The fourth-order valence-electron chi connectivity index (χ4n) is 3.65. The van der Waals surface area contributed by atoms with E-state index in [1.165, 1.54) is 12.1 Å². The summed E-state index contributed by atoms with van der Waals surface area (Å²) in [6.07, 6.45) is 0.593. The van der Waals surface area contributed by atoms with Crippen LogP contribution >= 0.6 is 0 Å². The zero-order valence-corrected chi connectivity index (χ0v) is 19.7. The van der Waals surface area contributed by atoms with Gasteiger partial charge in [-0.25, -0.2) is 8.78 Å². The molecule has 0 fully saturated rings. The third-order valence-corrected chi connectivity index (χ3v) is 5.16. The maximum Gasteiger partial charge on any atom is 0.313 e. The molecule has 3 aromatic carbocycles. The number of carbonyl (C=O) groups is 1. The van der Waals surface area contributed by atoms with Gasteiger partial charge in [0, 0.05) is 12.1 Å². The molecule has 3 aromatic rings. The molecule has 0 saturated heterocycles. The quantitative estimate of drug-likeness (QED) is 0.290. The van der Waals surface area contributed by atoms with Gasteiger partial charge in [0.2, 0.25) is 0 Å². The average Bonchev–Trinajstić information content (AvgIpc) is 2.80. The van der Waals surface area contributed by atoms with Gasteiger partial charge in [0.25, 0.3) is 0 Å². The first-order valence-electron chi connectivity index (χ1n) is 11.4. The van der Waals surface area contributed by atoms with E-state index in [2.05, 4.69) is 0 Å². The predicted octanol–water partition coefficient (Wildman–Crippen LogP) is 6.82. The number of ether oxygens (including phenoxy) is 3. The van der Waals surface area contributed by atoms with E-state index < -0.39 is 17.6 Å². The summed E-state index contributed by atoms with van der Waals surface area (Å²) in [4.78, 5) is 12.7. The predicted molar refractivity (Wildman–Crippen MR) is 127 cm³/mol. The number of esters is 1. The Morgan fingerprint density at radius 1 is 0.824 bits per heavy atom. The standard InChI is InChI=1S/C28H30F2O4/c1-4-32-28(31)27(10-19(2)3)22-13-25(33-17-20-8-6-5-7-9-20)16-26(14-22)34-18-21-11-23(29)15-24(30)12-21/h5-9,11-16,19,27H,4,10,17-18H2,1-3H3. The second-order valence-electron chi connectivity index (χ2n) is 8.51. The molecule has 0 spiro atoms. The highest BCUT2D eigenvalue weighted by atomic mass is 19.1. The van der Waals surface area contributed by atoms with Crippen LogP contribution in [0.25, 0.3) is 0 Å². The van der Waals surface area contributed by atoms with Crippen molar-refractivity contribution in [3.05, 3.63) is 95.1 Å². The molecule has 6 heteroatoms. The Labute approximate surface area is 199 Å². The van der Waals surface area contributed by atoms with Crippen molar-refractivity contribution in [1.82, 2.24) is 0 Å². The second kappa shape index (κ2) is 12.2. The Hall–Kier alpha value is -3.41. The van der Waals surface area contributed by atoms with Gasteiger partial charge in [-0.15, -0.1) is 0 Å². The lowest BCUT2D eigenvalue weighted by Crippen LogP contribution is -2.18. The number of halogens is 2. The number of benzene rings is 3. The monoisotopic (exact) mass is 468 g/mol. The van der Waals surface area contributed by atoms with Gasteiger partial charge in [0.05, 0.1) is 12.5 Å². The van der Waals surface area contributed by atoms with Crippen molar-refractivity contribution in [3.63, 3.8) is 0 Å². The molecule has 0 aliphatic rings. The van der Waals surface area contributed by atoms with Crippen molar-refractivity contribution >= 4 is 5.97 Å². The number of hydrogen-bond acceptors (Lipinski definition) is 4. The van der Waals surface area contributed by atoms with Crippen LogP contribution in [0.5, 0.6) is 11.5 Å². The van der Waals surface area contributed by atoms with Crippen LogP contribution in [0.3, 0.4) is 0 Å². The molecule has 0 amide bonds. The molecule has 34 heavy (non-hydrogen) atoms. The van der Waals surface area contributed by atoms with Crippen LogP contribution in [0, 0.1) is 17.6 Å². The third kappa shape index (κ3) is 7.58. The van der Waals surface area contributed by atoms with E-state index in [-0.39, 0.29) is 25.1 Å². The van der Waals surface area contributed by atoms with Gasteiger partial charge in [-0.2, -0.15) is 0 Å². The average molecular weight is 469 g/mol. The van der Waals surface area contributed by atoms with Crippen LogP contribution in [0.2, 0.25) is 0 Å². The van der Waals surface area contributed by atoms with Crippen LogP contribution in [0.4, 0.5) is 8.78 Å². The molecule has 4 nitrogen and oxygen atoms in total. The minimum Gasteiger partial charge on any atom is -0.489 e. The van der Waals surface area contributed by atoms with Gasteiger partial charge >= 0.3 is 5.97 Å². The van der Waals surface area contributed by atoms with Crippen LogP contribution in [-0.2, 0) is 22.7 Å². The molecule has 0 aliphatic heterocycles. The summed E-state index contributed by atoms with van der Waals surface area (Å²) in [7, 11) is 0. The number of hydrogen-bond donors (Lipinski definition) is 0. The van der Waals surface area contributed by atoms with E-state index in [4.69, 9.17) is 14.2 Å². The molecule has 0 aliphatic carbocycles. The fraction of sp³-hybridized carbons (Fsp3) is 0.321. The van der Waals surface area contributed by atoms with E-state index in [0.717, 1.165) is 11.6 Å². The normalized spacial score (nSPS) is 11.8. The van der Waals surface area contributed by atoms with Crippen molar-refractivity contribution in [2.45, 2.75) is 46.3 Å². The Bertz CT molecular complexity index is 1060. The van der Waals surface area contributed by atoms with Crippen molar-refractivity contribution in [3.8, 4) is 11.5 Å². The van der Waals surface area contributed by atoms with E-state index in [1.807, 2.05) is 50.2 Å². The highest BCUT2D eigenvalue weighted by Crippen LogP contribution is 2.33. The maximum atomic E-state index is 13.6. The molecule has 180 valence electrons. The van der Waals surface area contributed by atoms with Crippen LogP contribution in [-0.4, -0.2) is 12.6 Å². The summed E-state index contributed by atoms with van der Waals surface area (Å²) < 4.78 is 44.3. The van der Waals surface area contributed by atoms with Gasteiger partial charge in [0.15, 0.2) is 0 Å². The molecule has 0 N–H and O–H groups in total. The zero-order valence-electron chi connectivity index (χ0n) is 19.7. The summed E-state index contributed by atoms with van der Waals surface area (Å²) in [5, 5.41) is 0. The SMILES string of the molecule is CCOC(=O)C(CC(C)C)c1cc(OCc2ccccc2)cc(OCc2cc(F)cc(F)c2)c1. The van der Waals surface area contributed by atoms with Crippen LogP contribution in [0.1, 0.15) is 49.8 Å². The summed E-state index contributed by atoms with van der Waals surface area (Å²) in [6, 6.07) is 18.3. The van der Waals surface area contributed by atoms with Crippen LogP contribution in [0.15, 0.2) is 66.7 Å². The molecular formula is C28H30F2O4. The van der Waals surface area contributed by atoms with Crippen molar-refractivity contribution in [2.75, 3.05) is 6.61 Å². The number of rotatable bonds is 11. The Balaban J connectivity index is 1.89. The fourth-order valence-corrected chi connectivity index (χ4v) is 3.65. The molecule has 0 heterocycles. The molecule has 0 saturated carbocycles. The topological polar surface area (TPSA) is 44.8 Å². The van der Waals surface area contributed by atoms with E-state index in [9.17, 15) is 13.6 Å². The Morgan fingerprint density at radius 3 is 1.97 bits per heavy atom. The minimum absolute atomic E-state index is 0.0372. The minimum atomic E-state index is -0.668.